The lowest BCUT2D eigenvalue weighted by molar-refractivity contribution is -0.123. The molecular formula is C14H26N2OS. The molecule has 1 heterocycles. The van der Waals surface area contributed by atoms with Crippen molar-refractivity contribution in [2.75, 3.05) is 12.0 Å². The fourth-order valence-electron chi connectivity index (χ4n) is 3.29. The van der Waals surface area contributed by atoms with Gasteiger partial charge in [0.2, 0.25) is 5.91 Å². The number of carbonyl (C=O) groups is 1. The summed E-state index contributed by atoms with van der Waals surface area (Å²) in [6.45, 7) is 2.14. The summed E-state index contributed by atoms with van der Waals surface area (Å²) in [5, 5.41) is 6.74. The Labute approximate surface area is 115 Å². The molecule has 1 saturated heterocycles. The summed E-state index contributed by atoms with van der Waals surface area (Å²) in [6, 6.07) is 1.00. The second-order valence-corrected chi connectivity index (χ2v) is 6.59. The highest BCUT2D eigenvalue weighted by molar-refractivity contribution is 7.98. The van der Waals surface area contributed by atoms with E-state index in [9.17, 15) is 4.79 Å². The van der Waals surface area contributed by atoms with Crippen molar-refractivity contribution >= 4 is 17.7 Å². The van der Waals surface area contributed by atoms with E-state index in [0.29, 0.717) is 12.1 Å². The van der Waals surface area contributed by atoms with Gasteiger partial charge < -0.3 is 10.6 Å². The first-order valence-corrected chi connectivity index (χ1v) is 8.69. The molecule has 2 N–H and O–H groups in total. The minimum Gasteiger partial charge on any atom is -0.351 e. The van der Waals surface area contributed by atoms with Crippen molar-refractivity contribution in [3.8, 4) is 0 Å². The first kappa shape index (κ1) is 14.2. The summed E-state index contributed by atoms with van der Waals surface area (Å²) in [7, 11) is 0. The average molecular weight is 270 g/mol. The third kappa shape index (κ3) is 3.41. The molecule has 0 aromatic carbocycles. The maximum Gasteiger partial charge on any atom is 0.237 e. The molecule has 2 aliphatic rings. The van der Waals surface area contributed by atoms with E-state index >= 15 is 0 Å². The van der Waals surface area contributed by atoms with E-state index in [0.717, 1.165) is 24.5 Å². The molecule has 4 heteroatoms. The summed E-state index contributed by atoms with van der Waals surface area (Å²) in [5.41, 5.74) is 0. The zero-order chi connectivity index (χ0) is 13.0. The fourth-order valence-corrected chi connectivity index (χ4v) is 4.01. The largest absolute Gasteiger partial charge is 0.351 e. The number of carbonyl (C=O) groups excluding carboxylic acids is 1. The molecule has 1 aliphatic carbocycles. The van der Waals surface area contributed by atoms with Crippen LogP contribution in [0.4, 0.5) is 0 Å². The maximum atomic E-state index is 12.2. The van der Waals surface area contributed by atoms with E-state index in [1.165, 1.54) is 25.7 Å². The molecule has 0 aromatic heterocycles. The van der Waals surface area contributed by atoms with Gasteiger partial charge in [0.05, 0.1) is 6.04 Å². The molecule has 4 unspecified atom stereocenters. The van der Waals surface area contributed by atoms with Crippen LogP contribution in [0.1, 0.15) is 45.4 Å². The predicted molar refractivity (Wildman–Crippen MR) is 77.9 cm³/mol. The molecule has 0 bridgehead atoms. The molecule has 2 rings (SSSR count). The number of thioether (sulfide) groups is 1. The molecule has 1 amide bonds. The molecular weight excluding hydrogens is 244 g/mol. The van der Waals surface area contributed by atoms with E-state index in [4.69, 9.17) is 0 Å². The molecule has 0 radical (unpaired) electrons. The Bertz CT molecular complexity index is 271. The van der Waals surface area contributed by atoms with Crippen molar-refractivity contribution in [3.63, 3.8) is 0 Å². The van der Waals surface area contributed by atoms with Gasteiger partial charge in [0, 0.05) is 17.8 Å². The summed E-state index contributed by atoms with van der Waals surface area (Å²) in [6.07, 6.45) is 9.41. The first-order chi connectivity index (χ1) is 8.74. The lowest BCUT2D eigenvalue weighted by Gasteiger charge is -2.24. The molecule has 2 fully saturated rings. The van der Waals surface area contributed by atoms with Gasteiger partial charge in [0.1, 0.15) is 0 Å². The third-order valence-electron chi connectivity index (χ3n) is 4.39. The molecule has 0 aromatic rings. The highest BCUT2D eigenvalue weighted by Crippen LogP contribution is 2.33. The maximum absolute atomic E-state index is 12.2. The Morgan fingerprint density at radius 2 is 2.22 bits per heavy atom. The second kappa shape index (κ2) is 6.80. The molecule has 1 saturated carbocycles. The van der Waals surface area contributed by atoms with E-state index in [1.807, 2.05) is 0 Å². The monoisotopic (exact) mass is 270 g/mol. The molecule has 18 heavy (non-hydrogen) atoms. The van der Waals surface area contributed by atoms with Crippen LogP contribution in [0.3, 0.4) is 0 Å². The number of fused-ring (bicyclic) bond motifs is 1. The highest BCUT2D eigenvalue weighted by Gasteiger charge is 2.38. The standard InChI is InChI=1S/C14H26N2OS/c1-3-11(9-18-2)15-14(17)13-8-10-6-4-5-7-12(10)16-13/h10-13,16H,3-9H2,1-2H3,(H,15,17). The minimum absolute atomic E-state index is 0.0639. The lowest BCUT2D eigenvalue weighted by atomic mass is 9.85. The van der Waals surface area contributed by atoms with Crippen LogP contribution in [0.5, 0.6) is 0 Å². The normalized spacial score (nSPS) is 32.9. The molecule has 0 spiro atoms. The molecule has 4 atom stereocenters. The molecule has 104 valence electrons. The van der Waals surface area contributed by atoms with Crippen molar-refractivity contribution in [2.24, 2.45) is 5.92 Å². The van der Waals surface area contributed by atoms with Crippen LogP contribution < -0.4 is 10.6 Å². The number of amides is 1. The van der Waals surface area contributed by atoms with E-state index in [-0.39, 0.29) is 11.9 Å². The van der Waals surface area contributed by atoms with Gasteiger partial charge in [-0.15, -0.1) is 0 Å². The van der Waals surface area contributed by atoms with Crippen molar-refractivity contribution in [1.82, 2.24) is 10.6 Å². The Kier molecular flexibility index (Phi) is 5.37. The first-order valence-electron chi connectivity index (χ1n) is 7.30. The van der Waals surface area contributed by atoms with Crippen LogP contribution in [-0.4, -0.2) is 36.0 Å². The lowest BCUT2D eigenvalue weighted by Crippen LogP contribution is -2.47. The molecule has 1 aliphatic heterocycles. The van der Waals surface area contributed by atoms with Crippen LogP contribution in [-0.2, 0) is 4.79 Å². The predicted octanol–water partition coefficient (Wildman–Crippen LogP) is 2.16. The third-order valence-corrected chi connectivity index (χ3v) is 5.12. The van der Waals surface area contributed by atoms with Crippen molar-refractivity contribution in [3.05, 3.63) is 0 Å². The van der Waals surface area contributed by atoms with Gasteiger partial charge >= 0.3 is 0 Å². The topological polar surface area (TPSA) is 41.1 Å². The van der Waals surface area contributed by atoms with Crippen molar-refractivity contribution in [2.45, 2.75) is 63.6 Å². The highest BCUT2D eigenvalue weighted by atomic mass is 32.2. The summed E-state index contributed by atoms with van der Waals surface area (Å²) in [5.74, 6) is 1.99. The quantitative estimate of drug-likeness (QED) is 0.804. The van der Waals surface area contributed by atoms with Gasteiger partial charge in [0.15, 0.2) is 0 Å². The number of hydrogen-bond acceptors (Lipinski definition) is 3. The van der Waals surface area contributed by atoms with Gasteiger partial charge in [-0.2, -0.15) is 11.8 Å². The van der Waals surface area contributed by atoms with Gasteiger partial charge in [-0.3, -0.25) is 4.79 Å². The van der Waals surface area contributed by atoms with Crippen molar-refractivity contribution < 1.29 is 4.79 Å². The minimum atomic E-state index is 0.0639. The van der Waals surface area contributed by atoms with Crippen LogP contribution >= 0.6 is 11.8 Å². The number of rotatable bonds is 5. The van der Waals surface area contributed by atoms with Gasteiger partial charge in [0.25, 0.3) is 0 Å². The van der Waals surface area contributed by atoms with Crippen LogP contribution in [0, 0.1) is 5.92 Å². The zero-order valence-electron chi connectivity index (χ0n) is 11.6. The van der Waals surface area contributed by atoms with Gasteiger partial charge in [-0.25, -0.2) is 0 Å². The van der Waals surface area contributed by atoms with Crippen LogP contribution in [0.2, 0.25) is 0 Å². The Morgan fingerprint density at radius 1 is 1.44 bits per heavy atom. The SMILES string of the molecule is CCC(CSC)NC(=O)C1CC2CCCCC2N1. The Hall–Kier alpha value is -0.220. The summed E-state index contributed by atoms with van der Waals surface area (Å²) < 4.78 is 0. The average Bonchev–Trinajstić information content (AvgIpc) is 2.82. The zero-order valence-corrected chi connectivity index (χ0v) is 12.4. The van der Waals surface area contributed by atoms with E-state index < -0.39 is 0 Å². The van der Waals surface area contributed by atoms with Gasteiger partial charge in [-0.1, -0.05) is 19.8 Å². The Morgan fingerprint density at radius 3 is 2.89 bits per heavy atom. The summed E-state index contributed by atoms with van der Waals surface area (Å²) in [4.78, 5) is 12.2. The smallest absolute Gasteiger partial charge is 0.237 e. The Balaban J connectivity index is 1.82. The van der Waals surface area contributed by atoms with Crippen LogP contribution in [0.25, 0.3) is 0 Å². The fraction of sp³-hybridized carbons (Fsp3) is 0.929. The second-order valence-electron chi connectivity index (χ2n) is 5.68. The number of hydrogen-bond donors (Lipinski definition) is 2. The van der Waals surface area contributed by atoms with E-state index in [2.05, 4.69) is 23.8 Å². The van der Waals surface area contributed by atoms with Gasteiger partial charge in [-0.05, 0) is 37.9 Å². The summed E-state index contributed by atoms with van der Waals surface area (Å²) >= 11 is 1.80. The van der Waals surface area contributed by atoms with Crippen molar-refractivity contribution in [1.29, 1.82) is 0 Å². The number of nitrogens with one attached hydrogen (secondary N) is 2. The van der Waals surface area contributed by atoms with E-state index in [1.54, 1.807) is 11.8 Å². The van der Waals surface area contributed by atoms with Crippen LogP contribution in [0.15, 0.2) is 0 Å². The molecule has 3 nitrogen and oxygen atoms in total.